The molecular formula is C21H34ClN3O3. The van der Waals surface area contributed by atoms with Gasteiger partial charge < -0.3 is 20.7 Å². The van der Waals surface area contributed by atoms with E-state index >= 15 is 0 Å². The van der Waals surface area contributed by atoms with Crippen LogP contribution in [0.4, 0.5) is 5.69 Å². The molecule has 28 heavy (non-hydrogen) atoms. The van der Waals surface area contributed by atoms with Gasteiger partial charge in [-0.3, -0.25) is 9.59 Å². The zero-order chi connectivity index (χ0) is 19.5. The lowest BCUT2D eigenvalue weighted by Gasteiger charge is -2.27. The summed E-state index contributed by atoms with van der Waals surface area (Å²) in [5.74, 6) is 0.843. The van der Waals surface area contributed by atoms with Crippen LogP contribution in [-0.2, 0) is 9.53 Å². The molecule has 0 aromatic heterocycles. The second-order valence-corrected chi connectivity index (χ2v) is 7.20. The van der Waals surface area contributed by atoms with Crippen molar-refractivity contribution >= 4 is 29.9 Å². The number of rotatable bonds is 10. The summed E-state index contributed by atoms with van der Waals surface area (Å²) in [6.07, 6.45) is 3.56. The molecule has 0 radical (unpaired) electrons. The Morgan fingerprint density at radius 1 is 1.29 bits per heavy atom. The van der Waals surface area contributed by atoms with Gasteiger partial charge in [0.15, 0.2) is 0 Å². The van der Waals surface area contributed by atoms with Gasteiger partial charge in [-0.25, -0.2) is 0 Å². The molecule has 0 spiro atoms. The summed E-state index contributed by atoms with van der Waals surface area (Å²) in [7, 11) is 0. The van der Waals surface area contributed by atoms with Crippen LogP contribution in [0.5, 0.6) is 0 Å². The van der Waals surface area contributed by atoms with Crippen molar-refractivity contribution in [1.29, 1.82) is 0 Å². The average molecular weight is 412 g/mol. The van der Waals surface area contributed by atoms with E-state index in [1.807, 2.05) is 13.0 Å². The van der Waals surface area contributed by atoms with E-state index < -0.39 is 0 Å². The summed E-state index contributed by atoms with van der Waals surface area (Å²) in [4.78, 5) is 24.6. The van der Waals surface area contributed by atoms with Gasteiger partial charge in [0.2, 0.25) is 5.91 Å². The summed E-state index contributed by atoms with van der Waals surface area (Å²) >= 11 is 0. The topological polar surface area (TPSA) is 79.5 Å². The Morgan fingerprint density at radius 2 is 2.04 bits per heavy atom. The lowest BCUT2D eigenvalue weighted by Crippen LogP contribution is -2.32. The number of nitrogens with one attached hydrogen (secondary N) is 3. The number of ether oxygens (including phenoxy) is 1. The monoisotopic (exact) mass is 411 g/mol. The van der Waals surface area contributed by atoms with Crippen LogP contribution in [0.15, 0.2) is 24.3 Å². The molecule has 1 unspecified atom stereocenters. The van der Waals surface area contributed by atoms with E-state index in [4.69, 9.17) is 4.74 Å². The summed E-state index contributed by atoms with van der Waals surface area (Å²) < 4.78 is 5.26. The Labute approximate surface area is 174 Å². The number of carbonyl (C=O) groups excluding carboxylic acids is 2. The number of hydrogen-bond donors (Lipinski definition) is 3. The van der Waals surface area contributed by atoms with Crippen LogP contribution >= 0.6 is 12.4 Å². The van der Waals surface area contributed by atoms with Crippen molar-refractivity contribution < 1.29 is 14.3 Å². The number of anilines is 1. The molecule has 0 bridgehead atoms. The van der Waals surface area contributed by atoms with Gasteiger partial charge in [-0.2, -0.15) is 0 Å². The fourth-order valence-electron chi connectivity index (χ4n) is 3.45. The van der Waals surface area contributed by atoms with E-state index in [1.54, 1.807) is 18.2 Å². The number of benzene rings is 1. The van der Waals surface area contributed by atoms with Crippen molar-refractivity contribution in [2.24, 2.45) is 11.8 Å². The molecule has 1 aliphatic heterocycles. The van der Waals surface area contributed by atoms with Gasteiger partial charge in [0.1, 0.15) is 0 Å². The summed E-state index contributed by atoms with van der Waals surface area (Å²) in [6.45, 7) is 8.08. The SMILES string of the molecule is CCOCCCNC(=O)c1cccc(NC(=O)CC(C)C2CCNCC2)c1.Cl. The molecule has 1 aromatic rings. The van der Waals surface area contributed by atoms with Crippen LogP contribution in [0.3, 0.4) is 0 Å². The first-order valence-corrected chi connectivity index (χ1v) is 10.1. The highest BCUT2D eigenvalue weighted by atomic mass is 35.5. The Hall–Kier alpha value is -1.63. The second kappa shape index (κ2) is 13.5. The molecule has 1 heterocycles. The minimum Gasteiger partial charge on any atom is -0.382 e. The Kier molecular flexibility index (Phi) is 11.8. The molecule has 1 aliphatic rings. The maximum atomic E-state index is 12.4. The molecule has 3 N–H and O–H groups in total. The van der Waals surface area contributed by atoms with Crippen LogP contribution in [0.1, 0.15) is 49.9 Å². The van der Waals surface area contributed by atoms with Gasteiger partial charge in [0, 0.05) is 37.4 Å². The quantitative estimate of drug-likeness (QED) is 0.516. The van der Waals surface area contributed by atoms with Gasteiger partial charge in [0.05, 0.1) is 0 Å². The molecule has 0 aliphatic carbocycles. The first-order chi connectivity index (χ1) is 13.1. The molecule has 2 rings (SSSR count). The molecule has 1 aromatic carbocycles. The number of carbonyl (C=O) groups is 2. The van der Waals surface area contributed by atoms with Crippen molar-refractivity contribution in [3.05, 3.63) is 29.8 Å². The molecule has 6 nitrogen and oxygen atoms in total. The first kappa shape index (κ1) is 24.4. The molecule has 2 amide bonds. The van der Waals surface area contributed by atoms with E-state index in [1.165, 1.54) is 0 Å². The Balaban J connectivity index is 0.00000392. The molecular weight excluding hydrogens is 378 g/mol. The highest BCUT2D eigenvalue weighted by Crippen LogP contribution is 2.24. The molecule has 1 fully saturated rings. The fourth-order valence-corrected chi connectivity index (χ4v) is 3.45. The van der Waals surface area contributed by atoms with Crippen LogP contribution < -0.4 is 16.0 Å². The fraction of sp³-hybridized carbons (Fsp3) is 0.619. The van der Waals surface area contributed by atoms with Gasteiger partial charge in [0.25, 0.3) is 5.91 Å². The van der Waals surface area contributed by atoms with Gasteiger partial charge in [-0.1, -0.05) is 13.0 Å². The lowest BCUT2D eigenvalue weighted by molar-refractivity contribution is -0.117. The smallest absolute Gasteiger partial charge is 0.251 e. The zero-order valence-corrected chi connectivity index (χ0v) is 17.8. The predicted molar refractivity (Wildman–Crippen MR) is 115 cm³/mol. The second-order valence-electron chi connectivity index (χ2n) is 7.20. The van der Waals surface area contributed by atoms with Gasteiger partial charge in [-0.15, -0.1) is 12.4 Å². The summed E-state index contributed by atoms with van der Waals surface area (Å²) in [5.41, 5.74) is 1.22. The third-order valence-electron chi connectivity index (χ3n) is 5.06. The maximum Gasteiger partial charge on any atom is 0.251 e. The maximum absolute atomic E-state index is 12.4. The number of halogens is 1. The minimum absolute atomic E-state index is 0. The molecule has 1 atom stereocenters. The number of hydrogen-bond acceptors (Lipinski definition) is 4. The van der Waals surface area contributed by atoms with E-state index in [2.05, 4.69) is 22.9 Å². The minimum atomic E-state index is -0.134. The molecule has 158 valence electrons. The van der Waals surface area contributed by atoms with Gasteiger partial charge >= 0.3 is 0 Å². The van der Waals surface area contributed by atoms with Crippen molar-refractivity contribution in [2.45, 2.75) is 39.5 Å². The van der Waals surface area contributed by atoms with Gasteiger partial charge in [-0.05, 0) is 69.3 Å². The normalized spacial score (nSPS) is 15.4. The molecule has 7 heteroatoms. The standard InChI is InChI=1S/C21H33N3O3.ClH/c1-3-27-13-5-10-23-21(26)18-6-4-7-19(15-18)24-20(25)14-16(2)17-8-11-22-12-9-17;/h4,6-7,15-17,22H,3,5,8-14H2,1-2H3,(H,23,26)(H,24,25);1H. The van der Waals surface area contributed by atoms with Crippen molar-refractivity contribution in [2.75, 3.05) is 38.2 Å². The first-order valence-electron chi connectivity index (χ1n) is 10.1. The number of amides is 2. The molecule has 0 saturated carbocycles. The third kappa shape index (κ3) is 8.59. The van der Waals surface area contributed by atoms with Crippen LogP contribution in [0, 0.1) is 11.8 Å². The highest BCUT2D eigenvalue weighted by molar-refractivity contribution is 5.97. The van der Waals surface area contributed by atoms with Crippen LogP contribution in [0.2, 0.25) is 0 Å². The summed E-state index contributed by atoms with van der Waals surface area (Å²) in [5, 5.41) is 9.17. The van der Waals surface area contributed by atoms with Crippen molar-refractivity contribution in [3.63, 3.8) is 0 Å². The van der Waals surface area contributed by atoms with Crippen LogP contribution in [0.25, 0.3) is 0 Å². The van der Waals surface area contributed by atoms with E-state index in [9.17, 15) is 9.59 Å². The largest absolute Gasteiger partial charge is 0.382 e. The van der Waals surface area contributed by atoms with E-state index in [0.717, 1.165) is 32.4 Å². The number of piperidine rings is 1. The van der Waals surface area contributed by atoms with Crippen molar-refractivity contribution in [3.8, 4) is 0 Å². The molecule has 1 saturated heterocycles. The van der Waals surface area contributed by atoms with E-state index in [-0.39, 0.29) is 24.2 Å². The highest BCUT2D eigenvalue weighted by Gasteiger charge is 2.22. The summed E-state index contributed by atoms with van der Waals surface area (Å²) in [6, 6.07) is 7.09. The third-order valence-corrected chi connectivity index (χ3v) is 5.06. The predicted octanol–water partition coefficient (Wildman–Crippen LogP) is 3.23. The van der Waals surface area contributed by atoms with Crippen LogP contribution in [-0.4, -0.2) is 44.7 Å². The average Bonchev–Trinajstić information content (AvgIpc) is 2.68. The van der Waals surface area contributed by atoms with E-state index in [0.29, 0.717) is 49.3 Å². The Bertz CT molecular complexity index is 606. The van der Waals surface area contributed by atoms with Crippen molar-refractivity contribution in [1.82, 2.24) is 10.6 Å². The lowest BCUT2D eigenvalue weighted by atomic mass is 9.84. The Morgan fingerprint density at radius 3 is 2.75 bits per heavy atom. The zero-order valence-electron chi connectivity index (χ0n) is 17.0.